The van der Waals surface area contributed by atoms with Crippen molar-refractivity contribution in [1.82, 2.24) is 0 Å². The third-order valence-electron chi connectivity index (χ3n) is 5.58. The van der Waals surface area contributed by atoms with Crippen LogP contribution in [0.25, 0.3) is 0 Å². The molecule has 3 aromatic carbocycles. The number of nitriles is 1. The van der Waals surface area contributed by atoms with E-state index in [4.69, 9.17) is 27.9 Å². The zero-order valence-corrected chi connectivity index (χ0v) is 22.4. The predicted molar refractivity (Wildman–Crippen MR) is 149 cm³/mol. The third-order valence-corrected chi connectivity index (χ3v) is 7.58. The lowest BCUT2D eigenvalue weighted by Gasteiger charge is -2.18. The lowest BCUT2D eigenvalue weighted by Crippen LogP contribution is -2.30. The summed E-state index contributed by atoms with van der Waals surface area (Å²) in [4.78, 5) is 40.1. The molecule has 1 aliphatic rings. The van der Waals surface area contributed by atoms with Crippen LogP contribution < -0.4 is 10.2 Å². The smallest absolute Gasteiger partial charge is 0.338 e. The molecule has 0 saturated carbocycles. The van der Waals surface area contributed by atoms with E-state index < -0.39 is 17.1 Å². The predicted octanol–water partition coefficient (Wildman–Crippen LogP) is 6.24. The number of anilines is 2. The first-order chi connectivity index (χ1) is 18.3. The van der Waals surface area contributed by atoms with Crippen LogP contribution in [0.5, 0.6) is 0 Å². The van der Waals surface area contributed by atoms with Crippen LogP contribution in [0.3, 0.4) is 0 Å². The first-order valence-corrected chi connectivity index (χ1v) is 13.2. The number of nitrogens with zero attached hydrogens (tertiary/aromatic N) is 2. The first kappa shape index (κ1) is 27.3. The average molecular weight is 566 g/mol. The Labute approximate surface area is 234 Å². The fraction of sp³-hybridized carbons (Fsp3) is 0.143. The van der Waals surface area contributed by atoms with Gasteiger partial charge in [-0.3, -0.25) is 14.5 Å². The van der Waals surface area contributed by atoms with Gasteiger partial charge in [0.15, 0.2) is 0 Å². The number of hydrogen-bond acceptors (Lipinski definition) is 6. The Hall–Kier alpha value is -3.77. The second-order valence-electron chi connectivity index (χ2n) is 8.11. The van der Waals surface area contributed by atoms with Crippen LogP contribution in [0.4, 0.5) is 11.4 Å². The molecular formula is C28H21Cl2N3O4S. The number of nitrogens with one attached hydrogen (secondary N) is 1. The molecule has 1 unspecified atom stereocenters. The number of rotatable bonds is 7. The minimum absolute atomic E-state index is 0.210. The quantitative estimate of drug-likeness (QED) is 0.207. The number of carbonyl (C=O) groups excluding carboxylic acids is 3. The Morgan fingerprint density at radius 1 is 1.05 bits per heavy atom. The maximum absolute atomic E-state index is 13.6. The summed E-state index contributed by atoms with van der Waals surface area (Å²) in [6, 6.07) is 22.1. The Morgan fingerprint density at radius 2 is 1.76 bits per heavy atom. The number of benzene rings is 3. The van der Waals surface area contributed by atoms with E-state index in [-0.39, 0.29) is 23.1 Å². The maximum Gasteiger partial charge on any atom is 0.338 e. The number of carbonyl (C=O) groups is 3. The van der Waals surface area contributed by atoms with Crippen molar-refractivity contribution in [1.29, 1.82) is 5.26 Å². The van der Waals surface area contributed by atoms with Crippen molar-refractivity contribution in [2.45, 2.75) is 18.6 Å². The van der Waals surface area contributed by atoms with E-state index in [1.54, 1.807) is 61.5 Å². The van der Waals surface area contributed by atoms with Gasteiger partial charge < -0.3 is 10.1 Å². The third kappa shape index (κ3) is 6.03. The molecule has 2 amide bonds. The lowest BCUT2D eigenvalue weighted by molar-refractivity contribution is -0.117. The number of amides is 2. The van der Waals surface area contributed by atoms with Gasteiger partial charge in [-0.15, -0.1) is 0 Å². The van der Waals surface area contributed by atoms with Crippen molar-refractivity contribution in [3.05, 3.63) is 105 Å². The fourth-order valence-electron chi connectivity index (χ4n) is 3.78. The van der Waals surface area contributed by atoms with Crippen molar-refractivity contribution in [2.24, 2.45) is 0 Å². The van der Waals surface area contributed by atoms with Crippen molar-refractivity contribution in [3.8, 4) is 6.07 Å². The largest absolute Gasteiger partial charge is 0.462 e. The standard InChI is InChI=1S/C28H21Cl2N3O4S/c1-2-37-28(36)18-9-11-19(12-10-18)32-25(34)21(16-31)27-33(20-6-4-3-5-7-20)26(35)24(38-27)15-17-8-13-22(29)23(30)14-17/h3-14,24H,2,15H2,1H3,(H,32,34)/b27-21-. The van der Waals surface area contributed by atoms with Crippen molar-refractivity contribution in [2.75, 3.05) is 16.8 Å². The van der Waals surface area contributed by atoms with Crippen LogP contribution in [0.2, 0.25) is 10.0 Å². The van der Waals surface area contributed by atoms with E-state index in [0.29, 0.717) is 33.4 Å². The molecular weight excluding hydrogens is 545 g/mol. The number of thioether (sulfide) groups is 1. The van der Waals surface area contributed by atoms with Gasteiger partial charge in [0.2, 0.25) is 5.91 Å². The zero-order chi connectivity index (χ0) is 27.2. The second-order valence-corrected chi connectivity index (χ2v) is 10.1. The summed E-state index contributed by atoms with van der Waals surface area (Å²) in [6.45, 7) is 1.96. The van der Waals surface area contributed by atoms with Gasteiger partial charge in [-0.05, 0) is 67.4 Å². The highest BCUT2D eigenvalue weighted by Crippen LogP contribution is 2.42. The minimum Gasteiger partial charge on any atom is -0.462 e. The van der Waals surface area contributed by atoms with Crippen molar-refractivity contribution < 1.29 is 19.1 Å². The number of esters is 1. The molecule has 1 heterocycles. The summed E-state index contributed by atoms with van der Waals surface area (Å²) in [6.07, 6.45) is 0.322. The Kier molecular flexibility index (Phi) is 8.74. The molecule has 192 valence electrons. The van der Waals surface area contributed by atoms with Gasteiger partial charge in [0.25, 0.3) is 5.91 Å². The molecule has 7 nitrogen and oxygen atoms in total. The summed E-state index contributed by atoms with van der Waals surface area (Å²) >= 11 is 13.3. The maximum atomic E-state index is 13.6. The van der Waals surface area contributed by atoms with E-state index in [1.165, 1.54) is 17.0 Å². The molecule has 1 saturated heterocycles. The molecule has 1 fully saturated rings. The van der Waals surface area contributed by atoms with Gasteiger partial charge in [0.05, 0.1) is 27.5 Å². The summed E-state index contributed by atoms with van der Waals surface area (Å²) in [5.74, 6) is -1.41. The number of hydrogen-bond donors (Lipinski definition) is 1. The highest BCUT2D eigenvalue weighted by molar-refractivity contribution is 8.05. The molecule has 1 aliphatic heterocycles. The summed E-state index contributed by atoms with van der Waals surface area (Å²) in [5.41, 5.74) is 1.84. The number of para-hydroxylation sites is 1. The van der Waals surface area contributed by atoms with E-state index >= 15 is 0 Å². The molecule has 1 atom stereocenters. The lowest BCUT2D eigenvalue weighted by atomic mass is 10.1. The Bertz CT molecular complexity index is 1450. The first-order valence-electron chi connectivity index (χ1n) is 11.5. The van der Waals surface area contributed by atoms with Gasteiger partial charge in [-0.25, -0.2) is 4.79 Å². The Balaban J connectivity index is 1.64. The van der Waals surface area contributed by atoms with E-state index in [9.17, 15) is 19.6 Å². The Morgan fingerprint density at radius 3 is 2.39 bits per heavy atom. The highest BCUT2D eigenvalue weighted by Gasteiger charge is 2.40. The van der Waals surface area contributed by atoms with Crippen LogP contribution in [-0.4, -0.2) is 29.6 Å². The van der Waals surface area contributed by atoms with Crippen molar-refractivity contribution >= 4 is 64.1 Å². The van der Waals surface area contributed by atoms with Crippen LogP contribution in [0.15, 0.2) is 83.4 Å². The fourth-order valence-corrected chi connectivity index (χ4v) is 5.41. The van der Waals surface area contributed by atoms with E-state index in [2.05, 4.69) is 5.32 Å². The molecule has 0 aliphatic carbocycles. The molecule has 0 radical (unpaired) electrons. The van der Waals surface area contributed by atoms with Crippen LogP contribution in [0, 0.1) is 11.3 Å². The molecule has 38 heavy (non-hydrogen) atoms. The average Bonchev–Trinajstić information content (AvgIpc) is 3.22. The van der Waals surface area contributed by atoms with Gasteiger partial charge in [0, 0.05) is 11.4 Å². The number of halogens is 2. The topological polar surface area (TPSA) is 99.5 Å². The normalized spacial score (nSPS) is 16.1. The second kappa shape index (κ2) is 12.2. The van der Waals surface area contributed by atoms with Crippen LogP contribution >= 0.6 is 35.0 Å². The summed E-state index contributed by atoms with van der Waals surface area (Å²) in [5, 5.41) is 13.1. The number of ether oxygens (including phenoxy) is 1. The zero-order valence-electron chi connectivity index (χ0n) is 20.1. The van der Waals surface area contributed by atoms with Crippen LogP contribution in [0.1, 0.15) is 22.8 Å². The molecule has 10 heteroatoms. The molecule has 3 aromatic rings. The van der Waals surface area contributed by atoms with Gasteiger partial charge in [-0.2, -0.15) is 5.26 Å². The van der Waals surface area contributed by atoms with Crippen LogP contribution in [-0.2, 0) is 20.7 Å². The minimum atomic E-state index is -0.678. The SMILES string of the molecule is CCOC(=O)c1ccc(NC(=O)/C(C#N)=C2\SC(Cc3ccc(Cl)c(Cl)c3)C(=O)N2c2ccccc2)cc1. The summed E-state index contributed by atoms with van der Waals surface area (Å²) < 4.78 is 4.97. The molecule has 0 aromatic heterocycles. The van der Waals surface area contributed by atoms with E-state index in [0.717, 1.165) is 17.3 Å². The molecule has 4 rings (SSSR count). The van der Waals surface area contributed by atoms with Gasteiger partial charge in [-0.1, -0.05) is 59.2 Å². The van der Waals surface area contributed by atoms with Gasteiger partial charge in [0.1, 0.15) is 16.7 Å². The van der Waals surface area contributed by atoms with E-state index in [1.807, 2.05) is 12.1 Å². The molecule has 1 N–H and O–H groups in total. The highest BCUT2D eigenvalue weighted by atomic mass is 35.5. The molecule has 0 bridgehead atoms. The van der Waals surface area contributed by atoms with Gasteiger partial charge >= 0.3 is 5.97 Å². The monoisotopic (exact) mass is 565 g/mol. The summed E-state index contributed by atoms with van der Waals surface area (Å²) in [7, 11) is 0. The molecule has 0 spiro atoms. The van der Waals surface area contributed by atoms with Crippen molar-refractivity contribution in [3.63, 3.8) is 0 Å².